The molecular weight excluding hydrogens is 216 g/mol. The number of benzene rings is 1. The van der Waals surface area contributed by atoms with E-state index in [2.05, 4.69) is 9.97 Å². The summed E-state index contributed by atoms with van der Waals surface area (Å²) in [5.74, 6) is -0.920. The van der Waals surface area contributed by atoms with Gasteiger partial charge >= 0.3 is 5.97 Å². The molecule has 0 saturated heterocycles. The highest BCUT2D eigenvalue weighted by Crippen LogP contribution is 2.08. The Balaban J connectivity index is 2.14. The van der Waals surface area contributed by atoms with Crippen LogP contribution in [0.15, 0.2) is 42.9 Å². The van der Waals surface area contributed by atoms with Gasteiger partial charge in [0, 0.05) is 6.20 Å². The third kappa shape index (κ3) is 2.98. The molecule has 4 nitrogen and oxygen atoms in total. The van der Waals surface area contributed by atoms with Gasteiger partial charge in [-0.3, -0.25) is 0 Å². The average molecular weight is 226 g/mol. The lowest BCUT2D eigenvalue weighted by atomic mass is 10.1. The Bertz CT molecular complexity index is 533. The molecule has 0 spiro atoms. The molecule has 1 heterocycles. The first-order valence-electron chi connectivity index (χ1n) is 5.03. The van der Waals surface area contributed by atoms with E-state index in [0.717, 1.165) is 11.3 Å². The fourth-order valence-electron chi connectivity index (χ4n) is 1.32. The van der Waals surface area contributed by atoms with Crippen LogP contribution in [-0.4, -0.2) is 21.0 Å². The minimum Gasteiger partial charge on any atom is -0.478 e. The Morgan fingerprint density at radius 2 is 1.88 bits per heavy atom. The van der Waals surface area contributed by atoms with Gasteiger partial charge in [-0.15, -0.1) is 0 Å². The predicted molar refractivity (Wildman–Crippen MR) is 64.4 cm³/mol. The zero-order valence-electron chi connectivity index (χ0n) is 8.95. The first-order valence-corrected chi connectivity index (χ1v) is 5.03. The molecule has 0 aliphatic rings. The Morgan fingerprint density at radius 3 is 2.47 bits per heavy atom. The quantitative estimate of drug-likeness (QED) is 0.872. The van der Waals surface area contributed by atoms with E-state index in [0.29, 0.717) is 0 Å². The second-order valence-electron chi connectivity index (χ2n) is 3.39. The van der Waals surface area contributed by atoms with Crippen molar-refractivity contribution in [3.8, 4) is 0 Å². The SMILES string of the molecule is O=C(O)c1ccc(C=Cc2ccncn2)cc1. The molecule has 4 heteroatoms. The minimum atomic E-state index is -0.920. The van der Waals surface area contributed by atoms with Gasteiger partial charge in [0.25, 0.3) is 0 Å². The summed E-state index contributed by atoms with van der Waals surface area (Å²) in [5, 5.41) is 8.75. The smallest absolute Gasteiger partial charge is 0.335 e. The van der Waals surface area contributed by atoms with Crippen LogP contribution >= 0.6 is 0 Å². The maximum absolute atomic E-state index is 10.7. The highest BCUT2D eigenvalue weighted by Gasteiger charge is 1.99. The van der Waals surface area contributed by atoms with Gasteiger partial charge < -0.3 is 5.11 Å². The van der Waals surface area contributed by atoms with Gasteiger partial charge in [-0.1, -0.05) is 18.2 Å². The van der Waals surface area contributed by atoms with Crippen molar-refractivity contribution in [3.05, 3.63) is 59.7 Å². The molecule has 84 valence electrons. The lowest BCUT2D eigenvalue weighted by molar-refractivity contribution is 0.0697. The Labute approximate surface area is 98.3 Å². The zero-order valence-corrected chi connectivity index (χ0v) is 8.95. The zero-order chi connectivity index (χ0) is 12.1. The molecule has 0 unspecified atom stereocenters. The molecule has 0 saturated carbocycles. The largest absolute Gasteiger partial charge is 0.478 e. The molecule has 1 aromatic heterocycles. The summed E-state index contributed by atoms with van der Waals surface area (Å²) in [6, 6.07) is 8.44. The van der Waals surface area contributed by atoms with Crippen molar-refractivity contribution in [1.82, 2.24) is 9.97 Å². The number of aromatic carboxylic acids is 1. The topological polar surface area (TPSA) is 63.1 Å². The van der Waals surface area contributed by atoms with Crippen LogP contribution < -0.4 is 0 Å². The molecule has 17 heavy (non-hydrogen) atoms. The second-order valence-corrected chi connectivity index (χ2v) is 3.39. The molecule has 0 bridgehead atoms. The van der Waals surface area contributed by atoms with Crippen molar-refractivity contribution in [1.29, 1.82) is 0 Å². The van der Waals surface area contributed by atoms with Crippen molar-refractivity contribution < 1.29 is 9.90 Å². The van der Waals surface area contributed by atoms with Gasteiger partial charge in [-0.2, -0.15) is 0 Å². The standard InChI is InChI=1S/C13H10N2O2/c16-13(17)11-4-1-10(2-5-11)3-6-12-7-8-14-9-15-12/h1-9H,(H,16,17). The van der Waals surface area contributed by atoms with Crippen molar-refractivity contribution in [2.24, 2.45) is 0 Å². The molecule has 1 N–H and O–H groups in total. The lowest BCUT2D eigenvalue weighted by Gasteiger charge is -1.96. The van der Waals surface area contributed by atoms with Crippen LogP contribution in [0.3, 0.4) is 0 Å². The Kier molecular flexibility index (Phi) is 3.25. The van der Waals surface area contributed by atoms with Crippen molar-refractivity contribution in [3.63, 3.8) is 0 Å². The molecule has 0 aliphatic heterocycles. The van der Waals surface area contributed by atoms with E-state index in [1.54, 1.807) is 36.5 Å². The minimum absolute atomic E-state index is 0.282. The third-order valence-corrected chi connectivity index (χ3v) is 2.21. The maximum atomic E-state index is 10.7. The summed E-state index contributed by atoms with van der Waals surface area (Å²) in [6.07, 6.45) is 6.86. The van der Waals surface area contributed by atoms with E-state index in [9.17, 15) is 4.79 Å². The number of carbonyl (C=O) groups is 1. The molecule has 0 radical (unpaired) electrons. The normalized spacial score (nSPS) is 10.6. The van der Waals surface area contributed by atoms with Gasteiger partial charge in [-0.25, -0.2) is 14.8 Å². The summed E-state index contributed by atoms with van der Waals surface area (Å²) in [6.45, 7) is 0. The highest BCUT2D eigenvalue weighted by molar-refractivity contribution is 5.88. The molecule has 2 aromatic rings. The van der Waals surface area contributed by atoms with Gasteiger partial charge in [0.15, 0.2) is 0 Å². The van der Waals surface area contributed by atoms with Gasteiger partial charge in [-0.05, 0) is 29.8 Å². The summed E-state index contributed by atoms with van der Waals surface area (Å²) in [5.41, 5.74) is 2.01. The summed E-state index contributed by atoms with van der Waals surface area (Å²) in [7, 11) is 0. The maximum Gasteiger partial charge on any atom is 0.335 e. The number of hydrogen-bond donors (Lipinski definition) is 1. The van der Waals surface area contributed by atoms with Crippen LogP contribution in [0.1, 0.15) is 21.6 Å². The van der Waals surface area contributed by atoms with E-state index in [1.807, 2.05) is 12.2 Å². The number of carboxylic acid groups (broad SMARTS) is 1. The molecule has 2 rings (SSSR count). The van der Waals surface area contributed by atoms with Crippen molar-refractivity contribution >= 4 is 18.1 Å². The van der Waals surface area contributed by atoms with Crippen LogP contribution in [0.25, 0.3) is 12.2 Å². The molecule has 0 atom stereocenters. The van der Waals surface area contributed by atoms with E-state index in [1.165, 1.54) is 6.33 Å². The monoisotopic (exact) mass is 226 g/mol. The highest BCUT2D eigenvalue weighted by atomic mass is 16.4. The fourth-order valence-corrected chi connectivity index (χ4v) is 1.32. The number of nitrogens with zero attached hydrogens (tertiary/aromatic N) is 2. The van der Waals surface area contributed by atoms with Crippen molar-refractivity contribution in [2.45, 2.75) is 0 Å². The average Bonchev–Trinajstić information content (AvgIpc) is 2.38. The predicted octanol–water partition coefficient (Wildman–Crippen LogP) is 2.35. The summed E-state index contributed by atoms with van der Waals surface area (Å²) >= 11 is 0. The number of aromatic nitrogens is 2. The van der Waals surface area contributed by atoms with E-state index < -0.39 is 5.97 Å². The van der Waals surface area contributed by atoms with Crippen LogP contribution in [0, 0.1) is 0 Å². The lowest BCUT2D eigenvalue weighted by Crippen LogP contribution is -1.94. The van der Waals surface area contributed by atoms with E-state index in [4.69, 9.17) is 5.11 Å². The second kappa shape index (κ2) is 5.03. The number of hydrogen-bond acceptors (Lipinski definition) is 3. The van der Waals surface area contributed by atoms with E-state index >= 15 is 0 Å². The van der Waals surface area contributed by atoms with Gasteiger partial charge in [0.1, 0.15) is 6.33 Å². The van der Waals surface area contributed by atoms with Crippen LogP contribution in [0.4, 0.5) is 0 Å². The number of rotatable bonds is 3. The van der Waals surface area contributed by atoms with Crippen molar-refractivity contribution in [2.75, 3.05) is 0 Å². The summed E-state index contributed by atoms with van der Waals surface area (Å²) in [4.78, 5) is 18.5. The molecule has 1 aromatic carbocycles. The Morgan fingerprint density at radius 1 is 1.12 bits per heavy atom. The number of carboxylic acids is 1. The van der Waals surface area contributed by atoms with E-state index in [-0.39, 0.29) is 5.56 Å². The van der Waals surface area contributed by atoms with Gasteiger partial charge in [0.2, 0.25) is 0 Å². The molecular formula is C13H10N2O2. The summed E-state index contributed by atoms with van der Waals surface area (Å²) < 4.78 is 0. The van der Waals surface area contributed by atoms with Gasteiger partial charge in [0.05, 0.1) is 11.3 Å². The first-order chi connectivity index (χ1) is 8.25. The first kappa shape index (κ1) is 11.0. The fraction of sp³-hybridized carbons (Fsp3) is 0. The third-order valence-electron chi connectivity index (χ3n) is 2.21. The molecule has 0 fully saturated rings. The Hall–Kier alpha value is -2.49. The van der Waals surface area contributed by atoms with Crippen LogP contribution in [0.2, 0.25) is 0 Å². The molecule has 0 aliphatic carbocycles. The molecule has 0 amide bonds. The van der Waals surface area contributed by atoms with Crippen LogP contribution in [0.5, 0.6) is 0 Å². The van der Waals surface area contributed by atoms with Crippen LogP contribution in [-0.2, 0) is 0 Å².